The fraction of sp³-hybridized carbons (Fsp3) is 0.250. The van der Waals surface area contributed by atoms with E-state index in [1.54, 1.807) is 24.3 Å². The second kappa shape index (κ2) is 8.65. The molecule has 0 aliphatic rings. The monoisotopic (exact) mass is 335 g/mol. The lowest BCUT2D eigenvalue weighted by atomic mass is 10.1. The Hall–Kier alpha value is -3.13. The standard InChI is InChI=1S/C20H21N3O2/c1-3-12-23(20(25)17-10-8-16(13-21)9-11-17)14-19(24)22-18-7-5-4-6-15(18)2/h4-11H,3,12,14H2,1-2H3,(H,22,24). The summed E-state index contributed by atoms with van der Waals surface area (Å²) in [6, 6.07) is 16.0. The molecule has 2 rings (SSSR count). The van der Waals surface area contributed by atoms with Gasteiger partial charge in [0, 0.05) is 17.8 Å². The van der Waals surface area contributed by atoms with Crippen LogP contribution in [0.2, 0.25) is 0 Å². The minimum absolute atomic E-state index is 0.0129. The number of aryl methyl sites for hydroxylation is 1. The molecule has 128 valence electrons. The van der Waals surface area contributed by atoms with Crippen LogP contribution in [0, 0.1) is 18.3 Å². The van der Waals surface area contributed by atoms with E-state index < -0.39 is 0 Å². The Morgan fingerprint density at radius 3 is 2.40 bits per heavy atom. The number of nitriles is 1. The molecule has 0 saturated carbocycles. The molecule has 0 fully saturated rings. The number of carbonyl (C=O) groups is 2. The normalized spacial score (nSPS) is 9.96. The Morgan fingerprint density at radius 2 is 1.80 bits per heavy atom. The van der Waals surface area contributed by atoms with E-state index >= 15 is 0 Å². The van der Waals surface area contributed by atoms with Gasteiger partial charge in [-0.25, -0.2) is 0 Å². The van der Waals surface area contributed by atoms with E-state index in [9.17, 15) is 9.59 Å². The fourth-order valence-electron chi connectivity index (χ4n) is 2.47. The number of hydrogen-bond donors (Lipinski definition) is 1. The summed E-state index contributed by atoms with van der Waals surface area (Å²) in [4.78, 5) is 26.5. The second-order valence-corrected chi connectivity index (χ2v) is 5.78. The molecule has 0 aliphatic heterocycles. The summed E-state index contributed by atoms with van der Waals surface area (Å²) >= 11 is 0. The Bertz CT molecular complexity index is 791. The van der Waals surface area contributed by atoms with Crippen LogP contribution in [0.3, 0.4) is 0 Å². The largest absolute Gasteiger partial charge is 0.329 e. The molecule has 25 heavy (non-hydrogen) atoms. The Balaban J connectivity index is 2.08. The number of nitrogens with one attached hydrogen (secondary N) is 1. The zero-order valence-electron chi connectivity index (χ0n) is 14.5. The van der Waals surface area contributed by atoms with Gasteiger partial charge < -0.3 is 10.2 Å². The molecule has 0 saturated heterocycles. The first-order chi connectivity index (χ1) is 12.0. The molecule has 2 amide bonds. The van der Waals surface area contributed by atoms with Gasteiger partial charge in [0.2, 0.25) is 5.91 Å². The number of hydrogen-bond acceptors (Lipinski definition) is 3. The molecular weight excluding hydrogens is 314 g/mol. The van der Waals surface area contributed by atoms with E-state index in [4.69, 9.17) is 5.26 Å². The van der Waals surface area contributed by atoms with Crippen LogP contribution in [-0.4, -0.2) is 29.8 Å². The fourth-order valence-corrected chi connectivity index (χ4v) is 2.47. The zero-order valence-corrected chi connectivity index (χ0v) is 14.5. The molecule has 0 aliphatic carbocycles. The van der Waals surface area contributed by atoms with Gasteiger partial charge in [-0.15, -0.1) is 0 Å². The van der Waals surface area contributed by atoms with Crippen molar-refractivity contribution in [3.8, 4) is 6.07 Å². The Kier molecular flexibility index (Phi) is 6.30. The van der Waals surface area contributed by atoms with E-state index in [1.807, 2.05) is 44.2 Å². The summed E-state index contributed by atoms with van der Waals surface area (Å²) in [5.74, 6) is -0.448. The first kappa shape index (κ1) is 18.2. The molecule has 0 aromatic heterocycles. The highest BCUT2D eigenvalue weighted by molar-refractivity contribution is 5.99. The summed E-state index contributed by atoms with van der Waals surface area (Å²) in [7, 11) is 0. The first-order valence-electron chi connectivity index (χ1n) is 8.20. The third-order valence-electron chi connectivity index (χ3n) is 3.80. The summed E-state index contributed by atoms with van der Waals surface area (Å²) in [6.07, 6.45) is 0.750. The van der Waals surface area contributed by atoms with Gasteiger partial charge >= 0.3 is 0 Å². The van der Waals surface area contributed by atoms with E-state index in [1.165, 1.54) is 4.90 Å². The van der Waals surface area contributed by atoms with Gasteiger partial charge in [0.05, 0.1) is 11.6 Å². The summed E-state index contributed by atoms with van der Waals surface area (Å²) in [5, 5.41) is 11.7. The second-order valence-electron chi connectivity index (χ2n) is 5.78. The van der Waals surface area contributed by atoms with E-state index in [2.05, 4.69) is 5.32 Å². The van der Waals surface area contributed by atoms with Crippen LogP contribution in [0.4, 0.5) is 5.69 Å². The molecule has 0 unspecified atom stereocenters. The molecule has 0 heterocycles. The predicted molar refractivity (Wildman–Crippen MR) is 97.2 cm³/mol. The minimum Gasteiger partial charge on any atom is -0.329 e. The van der Waals surface area contributed by atoms with Crippen LogP contribution in [0.15, 0.2) is 48.5 Å². The van der Waals surface area contributed by atoms with Crippen LogP contribution < -0.4 is 5.32 Å². The van der Waals surface area contributed by atoms with Crippen molar-refractivity contribution in [3.05, 3.63) is 65.2 Å². The summed E-state index contributed by atoms with van der Waals surface area (Å²) < 4.78 is 0. The molecule has 0 bridgehead atoms. The summed E-state index contributed by atoms with van der Waals surface area (Å²) in [5.41, 5.74) is 2.68. The van der Waals surface area contributed by atoms with Gasteiger partial charge in [-0.3, -0.25) is 9.59 Å². The quantitative estimate of drug-likeness (QED) is 0.880. The lowest BCUT2D eigenvalue weighted by Gasteiger charge is -2.22. The molecule has 5 nitrogen and oxygen atoms in total. The number of para-hydroxylation sites is 1. The third kappa shape index (κ3) is 4.92. The van der Waals surface area contributed by atoms with Crippen molar-refractivity contribution in [3.63, 3.8) is 0 Å². The van der Waals surface area contributed by atoms with Crippen molar-refractivity contribution in [2.75, 3.05) is 18.4 Å². The molecule has 2 aromatic carbocycles. The van der Waals surface area contributed by atoms with Crippen LogP contribution in [0.1, 0.15) is 34.8 Å². The van der Waals surface area contributed by atoms with Crippen molar-refractivity contribution in [2.45, 2.75) is 20.3 Å². The molecule has 5 heteroatoms. The molecule has 0 atom stereocenters. The van der Waals surface area contributed by atoms with Crippen LogP contribution in [0.5, 0.6) is 0 Å². The molecular formula is C20H21N3O2. The lowest BCUT2D eigenvalue weighted by molar-refractivity contribution is -0.116. The first-order valence-corrected chi connectivity index (χ1v) is 8.20. The lowest BCUT2D eigenvalue weighted by Crippen LogP contribution is -2.38. The SMILES string of the molecule is CCCN(CC(=O)Nc1ccccc1C)C(=O)c1ccc(C#N)cc1. The van der Waals surface area contributed by atoms with Crippen molar-refractivity contribution in [1.82, 2.24) is 4.90 Å². The molecule has 0 spiro atoms. The van der Waals surface area contributed by atoms with Gasteiger partial charge in [-0.05, 0) is 49.2 Å². The summed E-state index contributed by atoms with van der Waals surface area (Å²) in [6.45, 7) is 4.35. The molecule has 2 aromatic rings. The smallest absolute Gasteiger partial charge is 0.254 e. The van der Waals surface area contributed by atoms with E-state index in [0.717, 1.165) is 17.7 Å². The Labute approximate surface area is 147 Å². The highest BCUT2D eigenvalue weighted by Crippen LogP contribution is 2.13. The minimum atomic E-state index is -0.232. The number of carbonyl (C=O) groups excluding carboxylic acids is 2. The number of amides is 2. The topological polar surface area (TPSA) is 73.2 Å². The van der Waals surface area contributed by atoms with Gasteiger partial charge in [0.1, 0.15) is 6.54 Å². The van der Waals surface area contributed by atoms with Crippen LogP contribution in [0.25, 0.3) is 0 Å². The number of nitrogens with zero attached hydrogens (tertiary/aromatic N) is 2. The highest BCUT2D eigenvalue weighted by atomic mass is 16.2. The number of rotatable bonds is 6. The third-order valence-corrected chi connectivity index (χ3v) is 3.80. The van der Waals surface area contributed by atoms with Crippen LogP contribution >= 0.6 is 0 Å². The Morgan fingerprint density at radius 1 is 1.12 bits per heavy atom. The maximum Gasteiger partial charge on any atom is 0.254 e. The molecule has 1 N–H and O–H groups in total. The van der Waals surface area contributed by atoms with Crippen molar-refractivity contribution >= 4 is 17.5 Å². The van der Waals surface area contributed by atoms with E-state index in [-0.39, 0.29) is 18.4 Å². The van der Waals surface area contributed by atoms with Gasteiger partial charge in [-0.2, -0.15) is 5.26 Å². The van der Waals surface area contributed by atoms with Crippen molar-refractivity contribution < 1.29 is 9.59 Å². The average Bonchev–Trinajstić information content (AvgIpc) is 2.63. The van der Waals surface area contributed by atoms with E-state index in [0.29, 0.717) is 17.7 Å². The maximum absolute atomic E-state index is 12.7. The highest BCUT2D eigenvalue weighted by Gasteiger charge is 2.18. The zero-order chi connectivity index (χ0) is 18.2. The number of benzene rings is 2. The molecule has 0 radical (unpaired) electrons. The van der Waals surface area contributed by atoms with Crippen molar-refractivity contribution in [2.24, 2.45) is 0 Å². The average molecular weight is 335 g/mol. The van der Waals surface area contributed by atoms with Gasteiger partial charge in [0.25, 0.3) is 5.91 Å². The van der Waals surface area contributed by atoms with Gasteiger partial charge in [0.15, 0.2) is 0 Å². The van der Waals surface area contributed by atoms with Crippen molar-refractivity contribution in [1.29, 1.82) is 5.26 Å². The maximum atomic E-state index is 12.7. The van der Waals surface area contributed by atoms with Crippen LogP contribution in [-0.2, 0) is 4.79 Å². The predicted octanol–water partition coefficient (Wildman–Crippen LogP) is 3.36. The number of anilines is 1. The van der Waals surface area contributed by atoms with Gasteiger partial charge in [-0.1, -0.05) is 25.1 Å².